The fraction of sp³-hybridized carbons (Fsp3) is 0.190. The Hall–Kier alpha value is -4.05. The molecule has 0 fully saturated rings. The lowest BCUT2D eigenvalue weighted by Crippen LogP contribution is -2.43. The van der Waals surface area contributed by atoms with Crippen molar-refractivity contribution in [2.24, 2.45) is 0 Å². The van der Waals surface area contributed by atoms with Crippen molar-refractivity contribution in [2.75, 3.05) is 17.7 Å². The summed E-state index contributed by atoms with van der Waals surface area (Å²) in [5.41, 5.74) is 1.99. The van der Waals surface area contributed by atoms with Crippen LogP contribution in [0.15, 0.2) is 48.5 Å². The molecule has 0 unspecified atom stereocenters. The zero-order valence-corrected chi connectivity index (χ0v) is 16.6. The third-order valence-corrected chi connectivity index (χ3v) is 4.66. The number of para-hydroxylation sites is 1. The first-order chi connectivity index (χ1) is 15.0. The molecular weight excluding hydrogens is 400 g/mol. The molecule has 2 aromatic carbocycles. The molecular formula is C21H20N6O4. The van der Waals surface area contributed by atoms with E-state index in [1.807, 2.05) is 6.07 Å². The highest BCUT2D eigenvalue weighted by Gasteiger charge is 2.29. The number of nitrogens with one attached hydrogen (secondary N) is 4. The predicted octanol–water partition coefficient (Wildman–Crippen LogP) is 1.70. The number of hydrogen-bond acceptors (Lipinski definition) is 6. The molecule has 2 heterocycles. The van der Waals surface area contributed by atoms with Crippen LogP contribution in [0.1, 0.15) is 22.6 Å². The normalized spacial score (nSPS) is 15.5. The van der Waals surface area contributed by atoms with Gasteiger partial charge >= 0.3 is 0 Å². The van der Waals surface area contributed by atoms with Crippen LogP contribution in [-0.4, -0.2) is 46.1 Å². The molecule has 0 aliphatic carbocycles. The molecule has 4 rings (SSSR count). The van der Waals surface area contributed by atoms with Gasteiger partial charge in [-0.05, 0) is 24.3 Å². The first-order valence-electron chi connectivity index (χ1n) is 9.55. The van der Waals surface area contributed by atoms with E-state index in [4.69, 9.17) is 4.74 Å². The van der Waals surface area contributed by atoms with Crippen molar-refractivity contribution in [3.8, 4) is 11.4 Å². The standard InChI is InChI=1S/C21H20N6O4/c1-31-11-17-25-19(27-26-17)12-5-4-6-13(9-12)22-18(28)10-16-21(30)23-15-8-3-2-7-14(15)20(29)24-16/h2-9,16H,10-11H2,1H3,(H,22,28)(H,23,30)(H,24,29)(H,25,26,27)/t16-/m1/s1. The van der Waals surface area contributed by atoms with Gasteiger partial charge in [-0.3, -0.25) is 19.5 Å². The summed E-state index contributed by atoms with van der Waals surface area (Å²) in [5.74, 6) is -0.225. The third-order valence-electron chi connectivity index (χ3n) is 4.66. The maximum atomic E-state index is 12.6. The van der Waals surface area contributed by atoms with E-state index < -0.39 is 23.8 Å². The van der Waals surface area contributed by atoms with Crippen molar-refractivity contribution in [3.63, 3.8) is 0 Å². The molecule has 1 aliphatic rings. The highest BCUT2D eigenvalue weighted by atomic mass is 16.5. The highest BCUT2D eigenvalue weighted by molar-refractivity contribution is 6.11. The summed E-state index contributed by atoms with van der Waals surface area (Å²) in [6, 6.07) is 12.7. The van der Waals surface area contributed by atoms with Gasteiger partial charge in [0.15, 0.2) is 11.6 Å². The Morgan fingerprint density at radius 3 is 2.84 bits per heavy atom. The van der Waals surface area contributed by atoms with E-state index in [9.17, 15) is 14.4 Å². The van der Waals surface area contributed by atoms with E-state index in [1.54, 1.807) is 49.6 Å². The molecule has 0 spiro atoms. The van der Waals surface area contributed by atoms with Crippen LogP contribution in [0.25, 0.3) is 11.4 Å². The van der Waals surface area contributed by atoms with Gasteiger partial charge in [-0.2, -0.15) is 5.10 Å². The van der Waals surface area contributed by atoms with Crippen LogP contribution in [0.2, 0.25) is 0 Å². The number of nitrogens with zero attached hydrogens (tertiary/aromatic N) is 2. The van der Waals surface area contributed by atoms with E-state index in [0.717, 1.165) is 0 Å². The third kappa shape index (κ3) is 4.59. The lowest BCUT2D eigenvalue weighted by molar-refractivity contribution is -0.122. The van der Waals surface area contributed by atoms with Crippen LogP contribution in [0.3, 0.4) is 0 Å². The molecule has 10 heteroatoms. The summed E-state index contributed by atoms with van der Waals surface area (Å²) in [7, 11) is 1.56. The van der Waals surface area contributed by atoms with Gasteiger partial charge < -0.3 is 20.7 Å². The molecule has 0 saturated heterocycles. The second-order valence-electron chi connectivity index (χ2n) is 6.93. The highest BCUT2D eigenvalue weighted by Crippen LogP contribution is 2.21. The van der Waals surface area contributed by atoms with Crippen molar-refractivity contribution in [1.29, 1.82) is 0 Å². The molecule has 3 aromatic rings. The van der Waals surface area contributed by atoms with Gasteiger partial charge in [0.25, 0.3) is 5.91 Å². The molecule has 1 aliphatic heterocycles. The summed E-state index contributed by atoms with van der Waals surface area (Å²) >= 11 is 0. The van der Waals surface area contributed by atoms with Gasteiger partial charge in [-0.15, -0.1) is 0 Å². The van der Waals surface area contributed by atoms with Crippen LogP contribution >= 0.6 is 0 Å². The lowest BCUT2D eigenvalue weighted by atomic mass is 10.1. The van der Waals surface area contributed by atoms with E-state index in [0.29, 0.717) is 40.8 Å². The number of aromatic nitrogens is 3. The molecule has 1 atom stereocenters. The SMILES string of the molecule is COCc1nc(-c2cccc(NC(=O)C[C@H]3NC(=O)c4ccccc4NC3=O)c2)n[nH]1. The van der Waals surface area contributed by atoms with Gasteiger partial charge in [0.2, 0.25) is 11.8 Å². The van der Waals surface area contributed by atoms with Crippen molar-refractivity contribution in [2.45, 2.75) is 19.1 Å². The van der Waals surface area contributed by atoms with Gasteiger partial charge in [-0.1, -0.05) is 24.3 Å². The average molecular weight is 420 g/mol. The van der Waals surface area contributed by atoms with Crippen molar-refractivity contribution >= 4 is 29.1 Å². The number of hydrogen-bond donors (Lipinski definition) is 4. The smallest absolute Gasteiger partial charge is 0.254 e. The van der Waals surface area contributed by atoms with Gasteiger partial charge in [0.05, 0.1) is 17.7 Å². The van der Waals surface area contributed by atoms with Crippen LogP contribution in [-0.2, 0) is 20.9 Å². The van der Waals surface area contributed by atoms with E-state index in [-0.39, 0.29) is 6.42 Å². The summed E-state index contributed by atoms with van der Waals surface area (Å²) < 4.78 is 5.02. The minimum Gasteiger partial charge on any atom is -0.377 e. The molecule has 0 bridgehead atoms. The number of rotatable bonds is 6. The maximum absolute atomic E-state index is 12.6. The lowest BCUT2D eigenvalue weighted by Gasteiger charge is -2.14. The van der Waals surface area contributed by atoms with Gasteiger partial charge in [0.1, 0.15) is 12.6 Å². The average Bonchev–Trinajstić information content (AvgIpc) is 3.18. The van der Waals surface area contributed by atoms with Crippen LogP contribution in [0, 0.1) is 0 Å². The molecule has 4 N–H and O–H groups in total. The number of H-pyrrole nitrogens is 1. The Balaban J connectivity index is 1.43. The molecule has 0 saturated carbocycles. The number of amides is 3. The molecule has 0 radical (unpaired) electrons. The quantitative estimate of drug-likeness (QED) is 0.479. The number of aromatic amines is 1. The van der Waals surface area contributed by atoms with Gasteiger partial charge in [-0.25, -0.2) is 4.98 Å². The van der Waals surface area contributed by atoms with E-state index >= 15 is 0 Å². The number of anilines is 2. The van der Waals surface area contributed by atoms with Crippen molar-refractivity contribution < 1.29 is 19.1 Å². The molecule has 3 amide bonds. The molecule has 10 nitrogen and oxygen atoms in total. The Morgan fingerprint density at radius 1 is 1.16 bits per heavy atom. The zero-order valence-electron chi connectivity index (χ0n) is 16.6. The first kappa shape index (κ1) is 20.2. The number of methoxy groups -OCH3 is 1. The van der Waals surface area contributed by atoms with E-state index in [1.165, 1.54) is 0 Å². The van der Waals surface area contributed by atoms with Crippen LogP contribution < -0.4 is 16.0 Å². The number of benzene rings is 2. The Labute approximate surface area is 177 Å². The number of fused-ring (bicyclic) bond motifs is 1. The molecule has 31 heavy (non-hydrogen) atoms. The second kappa shape index (κ2) is 8.76. The summed E-state index contributed by atoms with van der Waals surface area (Å²) in [5, 5.41) is 15.0. The van der Waals surface area contributed by atoms with Crippen LogP contribution in [0.4, 0.5) is 11.4 Å². The fourth-order valence-corrected chi connectivity index (χ4v) is 3.21. The number of carbonyl (C=O) groups is 3. The zero-order chi connectivity index (χ0) is 21.8. The van der Waals surface area contributed by atoms with Gasteiger partial charge in [0, 0.05) is 18.4 Å². The Bertz CT molecular complexity index is 1140. The number of carbonyl (C=O) groups excluding carboxylic acids is 3. The Kier molecular flexibility index (Phi) is 5.72. The summed E-state index contributed by atoms with van der Waals surface area (Å²) in [6.45, 7) is 0.308. The second-order valence-corrected chi connectivity index (χ2v) is 6.93. The van der Waals surface area contributed by atoms with Crippen molar-refractivity contribution in [1.82, 2.24) is 20.5 Å². The monoisotopic (exact) mass is 420 g/mol. The summed E-state index contributed by atoms with van der Waals surface area (Å²) in [6.07, 6.45) is -0.214. The predicted molar refractivity (Wildman–Crippen MR) is 112 cm³/mol. The van der Waals surface area contributed by atoms with E-state index in [2.05, 4.69) is 31.1 Å². The number of ether oxygens (including phenoxy) is 1. The topological polar surface area (TPSA) is 138 Å². The Morgan fingerprint density at radius 2 is 2.00 bits per heavy atom. The van der Waals surface area contributed by atoms with Crippen LogP contribution in [0.5, 0.6) is 0 Å². The maximum Gasteiger partial charge on any atom is 0.254 e. The largest absolute Gasteiger partial charge is 0.377 e. The molecule has 158 valence electrons. The first-order valence-corrected chi connectivity index (χ1v) is 9.55. The fourth-order valence-electron chi connectivity index (χ4n) is 3.21. The minimum atomic E-state index is -0.993. The summed E-state index contributed by atoms with van der Waals surface area (Å²) in [4.78, 5) is 41.7. The minimum absolute atomic E-state index is 0.214. The van der Waals surface area contributed by atoms with Crippen molar-refractivity contribution in [3.05, 3.63) is 59.9 Å². The molecule has 1 aromatic heterocycles.